The van der Waals surface area contributed by atoms with Gasteiger partial charge in [0.1, 0.15) is 0 Å². The predicted molar refractivity (Wildman–Crippen MR) is 69.6 cm³/mol. The van der Waals surface area contributed by atoms with Crippen LogP contribution in [0, 0.1) is 5.41 Å². The van der Waals surface area contributed by atoms with Crippen molar-refractivity contribution in [2.75, 3.05) is 18.4 Å². The second-order valence-corrected chi connectivity index (χ2v) is 6.74. The number of hydrogen-bond donors (Lipinski definition) is 0. The average Bonchev–Trinajstić information content (AvgIpc) is 2.76. The van der Waals surface area contributed by atoms with Gasteiger partial charge in [-0.25, -0.2) is 0 Å². The zero-order valence-corrected chi connectivity index (χ0v) is 11.8. The van der Waals surface area contributed by atoms with Gasteiger partial charge in [0.2, 0.25) is 0 Å². The highest BCUT2D eigenvalue weighted by Gasteiger charge is 2.40. The van der Waals surface area contributed by atoms with E-state index in [2.05, 4.69) is 34.7 Å². The van der Waals surface area contributed by atoms with Gasteiger partial charge >= 0.3 is 0 Å². The fraction of sp³-hybridized carbons (Fsp3) is 1.00. The van der Waals surface area contributed by atoms with E-state index in [0.29, 0.717) is 11.0 Å². The average molecular weight is 274 g/mol. The lowest BCUT2D eigenvalue weighted by Crippen LogP contribution is -2.45. The predicted octanol–water partition coefficient (Wildman–Crippen LogP) is 3.82. The first kappa shape index (κ1) is 11.9. The van der Waals surface area contributed by atoms with Gasteiger partial charge in [-0.05, 0) is 51.5 Å². The molecular formula is C13H24BrN. The molecule has 88 valence electrons. The van der Waals surface area contributed by atoms with Crippen LogP contribution in [0.2, 0.25) is 0 Å². The number of rotatable bonds is 3. The Bertz CT molecular complexity index is 219. The van der Waals surface area contributed by atoms with E-state index in [1.807, 2.05) is 0 Å². The maximum Gasteiger partial charge on any atom is 0.0153 e. The summed E-state index contributed by atoms with van der Waals surface area (Å²) in [5.41, 5.74) is 1.05. The molecule has 2 aliphatic rings. The first-order chi connectivity index (χ1) is 7.08. The Labute approximate surface area is 103 Å². The second-order valence-electron chi connectivity index (χ2n) is 6.18. The number of alkyl halides is 1. The summed E-state index contributed by atoms with van der Waals surface area (Å²) in [5, 5.41) is 1.20. The molecular weight excluding hydrogens is 250 g/mol. The summed E-state index contributed by atoms with van der Waals surface area (Å²) >= 11 is 3.75. The van der Waals surface area contributed by atoms with Crippen LogP contribution in [0.15, 0.2) is 0 Å². The van der Waals surface area contributed by atoms with Gasteiger partial charge in [-0.3, -0.25) is 4.90 Å². The largest absolute Gasteiger partial charge is 0.298 e. The molecule has 0 bridgehead atoms. The number of likely N-dealkylation sites (tertiary alicyclic amines) is 1. The third kappa shape index (κ3) is 2.41. The minimum absolute atomic E-state index is 0.456. The van der Waals surface area contributed by atoms with E-state index in [-0.39, 0.29) is 0 Å². The Balaban J connectivity index is 2.00. The fourth-order valence-corrected chi connectivity index (χ4v) is 4.06. The molecule has 0 spiro atoms. The SMILES string of the molecule is CC1(C)CCCN1CC1(CBr)CCCC1. The monoisotopic (exact) mass is 273 g/mol. The smallest absolute Gasteiger partial charge is 0.0153 e. The van der Waals surface area contributed by atoms with Gasteiger partial charge in [0.15, 0.2) is 0 Å². The molecule has 1 nitrogen and oxygen atoms in total. The first-order valence-corrected chi connectivity index (χ1v) is 7.51. The Hall–Kier alpha value is 0.440. The standard InChI is InChI=1S/C13H24BrN/c1-12(2)6-5-9-15(12)11-13(10-14)7-3-4-8-13/h3-11H2,1-2H3. The van der Waals surface area contributed by atoms with Crippen LogP contribution < -0.4 is 0 Å². The number of nitrogens with zero attached hydrogens (tertiary/aromatic N) is 1. The second kappa shape index (κ2) is 4.37. The minimum Gasteiger partial charge on any atom is -0.298 e. The lowest BCUT2D eigenvalue weighted by atomic mass is 9.87. The van der Waals surface area contributed by atoms with Crippen molar-refractivity contribution in [2.24, 2.45) is 5.41 Å². The first-order valence-electron chi connectivity index (χ1n) is 6.39. The molecule has 0 radical (unpaired) electrons. The summed E-state index contributed by atoms with van der Waals surface area (Å²) in [6, 6.07) is 0. The molecule has 0 aromatic rings. The van der Waals surface area contributed by atoms with Gasteiger partial charge < -0.3 is 0 Å². The van der Waals surface area contributed by atoms with Crippen LogP contribution in [-0.2, 0) is 0 Å². The van der Waals surface area contributed by atoms with Crippen LogP contribution in [0.5, 0.6) is 0 Å². The lowest BCUT2D eigenvalue weighted by Gasteiger charge is -2.39. The summed E-state index contributed by atoms with van der Waals surface area (Å²) in [5.74, 6) is 0. The molecule has 15 heavy (non-hydrogen) atoms. The van der Waals surface area contributed by atoms with Gasteiger partial charge in [0, 0.05) is 17.4 Å². The van der Waals surface area contributed by atoms with Gasteiger partial charge in [0.05, 0.1) is 0 Å². The van der Waals surface area contributed by atoms with Crippen molar-refractivity contribution in [3.05, 3.63) is 0 Å². The van der Waals surface area contributed by atoms with Crippen LogP contribution in [0.1, 0.15) is 52.4 Å². The van der Waals surface area contributed by atoms with Crippen molar-refractivity contribution in [1.82, 2.24) is 4.90 Å². The Morgan fingerprint density at radius 2 is 1.73 bits per heavy atom. The van der Waals surface area contributed by atoms with E-state index in [1.54, 1.807) is 0 Å². The topological polar surface area (TPSA) is 3.24 Å². The highest BCUT2D eigenvalue weighted by Crippen LogP contribution is 2.42. The molecule has 2 rings (SSSR count). The quantitative estimate of drug-likeness (QED) is 0.707. The van der Waals surface area contributed by atoms with Crippen LogP contribution in [0.25, 0.3) is 0 Å². The van der Waals surface area contributed by atoms with Crippen molar-refractivity contribution in [3.63, 3.8) is 0 Å². The van der Waals surface area contributed by atoms with E-state index in [1.165, 1.54) is 56.9 Å². The molecule has 1 aliphatic heterocycles. The highest BCUT2D eigenvalue weighted by atomic mass is 79.9. The molecule has 1 saturated carbocycles. The third-order valence-electron chi connectivity index (χ3n) is 4.55. The summed E-state index contributed by atoms with van der Waals surface area (Å²) in [6.07, 6.45) is 8.53. The summed E-state index contributed by atoms with van der Waals surface area (Å²) < 4.78 is 0. The number of halogens is 1. The number of hydrogen-bond acceptors (Lipinski definition) is 1. The fourth-order valence-electron chi connectivity index (χ4n) is 3.32. The molecule has 2 fully saturated rings. The van der Waals surface area contributed by atoms with E-state index >= 15 is 0 Å². The van der Waals surface area contributed by atoms with Gasteiger partial charge in [0.25, 0.3) is 0 Å². The Kier molecular flexibility index (Phi) is 3.47. The summed E-state index contributed by atoms with van der Waals surface area (Å²) in [6.45, 7) is 7.47. The Morgan fingerprint density at radius 3 is 2.20 bits per heavy atom. The van der Waals surface area contributed by atoms with Crippen molar-refractivity contribution in [2.45, 2.75) is 57.9 Å². The zero-order chi connectivity index (χ0) is 10.9. The molecule has 0 N–H and O–H groups in total. The highest BCUT2D eigenvalue weighted by molar-refractivity contribution is 9.09. The van der Waals surface area contributed by atoms with Gasteiger partial charge in [-0.2, -0.15) is 0 Å². The van der Waals surface area contributed by atoms with Gasteiger partial charge in [-0.15, -0.1) is 0 Å². The van der Waals surface area contributed by atoms with E-state index < -0.39 is 0 Å². The normalized spacial score (nSPS) is 29.8. The lowest BCUT2D eigenvalue weighted by molar-refractivity contribution is 0.110. The van der Waals surface area contributed by atoms with Crippen molar-refractivity contribution in [3.8, 4) is 0 Å². The molecule has 0 amide bonds. The van der Waals surface area contributed by atoms with Gasteiger partial charge in [-0.1, -0.05) is 28.8 Å². The molecule has 0 aromatic carbocycles. The maximum atomic E-state index is 3.75. The van der Waals surface area contributed by atoms with Crippen molar-refractivity contribution >= 4 is 15.9 Å². The molecule has 0 unspecified atom stereocenters. The van der Waals surface area contributed by atoms with Crippen LogP contribution in [0.4, 0.5) is 0 Å². The van der Waals surface area contributed by atoms with Crippen LogP contribution in [-0.4, -0.2) is 28.9 Å². The molecule has 1 heterocycles. The molecule has 2 heteroatoms. The molecule has 0 aromatic heterocycles. The molecule has 0 atom stereocenters. The van der Waals surface area contributed by atoms with E-state index in [0.717, 1.165) is 0 Å². The third-order valence-corrected chi connectivity index (χ3v) is 5.74. The summed E-state index contributed by atoms with van der Waals surface area (Å²) in [4.78, 5) is 2.74. The molecule has 1 aliphatic carbocycles. The summed E-state index contributed by atoms with van der Waals surface area (Å²) in [7, 11) is 0. The van der Waals surface area contributed by atoms with Crippen molar-refractivity contribution < 1.29 is 0 Å². The molecule has 1 saturated heterocycles. The Morgan fingerprint density at radius 1 is 1.07 bits per heavy atom. The maximum absolute atomic E-state index is 3.75. The van der Waals surface area contributed by atoms with Crippen LogP contribution >= 0.6 is 15.9 Å². The van der Waals surface area contributed by atoms with Crippen LogP contribution in [0.3, 0.4) is 0 Å². The minimum atomic E-state index is 0.456. The zero-order valence-electron chi connectivity index (χ0n) is 10.2. The van der Waals surface area contributed by atoms with E-state index in [4.69, 9.17) is 0 Å². The van der Waals surface area contributed by atoms with Crippen molar-refractivity contribution in [1.29, 1.82) is 0 Å². The van der Waals surface area contributed by atoms with E-state index in [9.17, 15) is 0 Å².